The average molecular weight is 335 g/mol. The number of aliphatic hydroxyl groups is 1. The van der Waals surface area contributed by atoms with Gasteiger partial charge in [-0.25, -0.2) is 0 Å². The van der Waals surface area contributed by atoms with Crippen LogP contribution < -0.4 is 5.32 Å². The second kappa shape index (κ2) is 6.55. The highest BCUT2D eigenvalue weighted by atomic mass is 79.9. The van der Waals surface area contributed by atoms with E-state index in [4.69, 9.17) is 16.7 Å². The number of nitrogens with one attached hydrogen (secondary N) is 1. The Balaban J connectivity index is 2.69. The van der Waals surface area contributed by atoms with Gasteiger partial charge in [0.1, 0.15) is 0 Å². The third kappa shape index (κ3) is 4.26. The number of carbonyl (C=O) groups is 1. The van der Waals surface area contributed by atoms with Gasteiger partial charge in [-0.2, -0.15) is 0 Å². The van der Waals surface area contributed by atoms with E-state index in [0.717, 1.165) is 0 Å². The van der Waals surface area contributed by atoms with E-state index in [1.54, 1.807) is 18.2 Å². The summed E-state index contributed by atoms with van der Waals surface area (Å²) >= 11 is 9.34. The normalized spacial score (nSPS) is 11.4. The molecule has 100 valence electrons. The number of carbonyl (C=O) groups excluding carboxylic acids is 1. The van der Waals surface area contributed by atoms with Crippen molar-refractivity contribution in [1.29, 1.82) is 0 Å². The van der Waals surface area contributed by atoms with Gasteiger partial charge in [-0.3, -0.25) is 4.79 Å². The molecule has 0 spiro atoms. The highest BCUT2D eigenvalue weighted by Gasteiger charge is 2.19. The van der Waals surface area contributed by atoms with Crippen molar-refractivity contribution < 1.29 is 9.90 Å². The van der Waals surface area contributed by atoms with Crippen molar-refractivity contribution in [2.75, 3.05) is 13.2 Å². The van der Waals surface area contributed by atoms with Crippen molar-refractivity contribution in [3.63, 3.8) is 0 Å². The third-order valence-electron chi connectivity index (χ3n) is 2.71. The summed E-state index contributed by atoms with van der Waals surface area (Å²) in [5.41, 5.74) is 0.314. The Morgan fingerprint density at radius 1 is 1.50 bits per heavy atom. The van der Waals surface area contributed by atoms with Crippen molar-refractivity contribution in [2.45, 2.75) is 20.3 Å². The van der Waals surface area contributed by atoms with Gasteiger partial charge in [-0.15, -0.1) is 0 Å². The van der Waals surface area contributed by atoms with Crippen LogP contribution in [0.1, 0.15) is 30.6 Å². The Morgan fingerprint density at radius 3 is 2.78 bits per heavy atom. The zero-order valence-corrected chi connectivity index (χ0v) is 12.8. The number of amides is 1. The molecule has 0 saturated carbocycles. The largest absolute Gasteiger partial charge is 0.396 e. The van der Waals surface area contributed by atoms with Gasteiger partial charge in [0.05, 0.1) is 10.6 Å². The van der Waals surface area contributed by atoms with Crippen LogP contribution >= 0.6 is 27.5 Å². The Bertz CT molecular complexity index is 435. The molecule has 0 fully saturated rings. The van der Waals surface area contributed by atoms with E-state index in [0.29, 0.717) is 28.0 Å². The van der Waals surface area contributed by atoms with Gasteiger partial charge < -0.3 is 10.4 Å². The number of hydrogen-bond donors (Lipinski definition) is 2. The number of benzene rings is 1. The second-order valence-electron chi connectivity index (χ2n) is 4.92. The van der Waals surface area contributed by atoms with E-state index in [-0.39, 0.29) is 17.9 Å². The van der Waals surface area contributed by atoms with E-state index in [1.165, 1.54) is 0 Å². The minimum atomic E-state index is -0.202. The van der Waals surface area contributed by atoms with Crippen molar-refractivity contribution in [2.24, 2.45) is 5.41 Å². The molecule has 2 N–H and O–H groups in total. The fourth-order valence-electron chi connectivity index (χ4n) is 1.48. The summed E-state index contributed by atoms with van der Waals surface area (Å²) in [6, 6.07) is 5.24. The molecule has 1 amide bonds. The fourth-order valence-corrected chi connectivity index (χ4v) is 2.06. The Kier molecular flexibility index (Phi) is 5.63. The lowest BCUT2D eigenvalue weighted by atomic mass is 9.89. The molecule has 0 aliphatic rings. The topological polar surface area (TPSA) is 49.3 Å². The summed E-state index contributed by atoms with van der Waals surface area (Å²) in [6.07, 6.45) is 0.638. The van der Waals surface area contributed by atoms with Crippen LogP contribution in [0.4, 0.5) is 0 Å². The predicted molar refractivity (Wildman–Crippen MR) is 77.0 cm³/mol. The summed E-state index contributed by atoms with van der Waals surface area (Å²) in [5.74, 6) is -0.202. The Morgan fingerprint density at radius 2 is 2.17 bits per heavy atom. The zero-order valence-electron chi connectivity index (χ0n) is 10.5. The maximum Gasteiger partial charge on any atom is 0.252 e. The third-order valence-corrected chi connectivity index (χ3v) is 4.01. The quantitative estimate of drug-likeness (QED) is 0.868. The van der Waals surface area contributed by atoms with E-state index >= 15 is 0 Å². The minimum absolute atomic E-state index is 0.112. The minimum Gasteiger partial charge on any atom is -0.396 e. The van der Waals surface area contributed by atoms with Crippen molar-refractivity contribution in [3.8, 4) is 0 Å². The SMILES string of the molecule is CC(C)(CCO)CNC(=O)c1cccc(Br)c1Cl. The van der Waals surface area contributed by atoms with E-state index in [2.05, 4.69) is 21.2 Å². The van der Waals surface area contributed by atoms with Crippen LogP contribution in [0.25, 0.3) is 0 Å². The van der Waals surface area contributed by atoms with Crippen LogP contribution in [-0.2, 0) is 0 Å². The van der Waals surface area contributed by atoms with Gasteiger partial charge in [-0.1, -0.05) is 31.5 Å². The van der Waals surface area contributed by atoms with E-state index in [9.17, 15) is 4.79 Å². The monoisotopic (exact) mass is 333 g/mol. The molecular weight excluding hydrogens is 318 g/mol. The highest BCUT2D eigenvalue weighted by molar-refractivity contribution is 9.10. The van der Waals surface area contributed by atoms with Crippen LogP contribution in [0, 0.1) is 5.41 Å². The fraction of sp³-hybridized carbons (Fsp3) is 0.462. The summed E-state index contributed by atoms with van der Waals surface area (Å²) < 4.78 is 0.700. The molecule has 0 aliphatic heterocycles. The number of rotatable bonds is 5. The van der Waals surface area contributed by atoms with Gasteiger partial charge in [0.2, 0.25) is 0 Å². The molecule has 0 aromatic heterocycles. The molecule has 1 rings (SSSR count). The average Bonchev–Trinajstić information content (AvgIpc) is 2.30. The van der Waals surface area contributed by atoms with Crippen molar-refractivity contribution in [3.05, 3.63) is 33.3 Å². The predicted octanol–water partition coefficient (Wildman–Crippen LogP) is 3.24. The molecular formula is C13H17BrClNO2. The maximum atomic E-state index is 12.0. The molecule has 0 unspecified atom stereocenters. The molecule has 5 heteroatoms. The molecule has 0 aliphatic carbocycles. The smallest absolute Gasteiger partial charge is 0.252 e. The van der Waals surface area contributed by atoms with Crippen LogP contribution in [-0.4, -0.2) is 24.2 Å². The van der Waals surface area contributed by atoms with E-state index in [1.807, 2.05) is 13.8 Å². The lowest BCUT2D eigenvalue weighted by Gasteiger charge is -2.24. The van der Waals surface area contributed by atoms with Gasteiger partial charge >= 0.3 is 0 Å². The van der Waals surface area contributed by atoms with Gasteiger partial charge in [0.25, 0.3) is 5.91 Å². The summed E-state index contributed by atoms with van der Waals surface area (Å²) in [6.45, 7) is 4.59. The van der Waals surface area contributed by atoms with Crippen molar-refractivity contribution >= 4 is 33.4 Å². The summed E-state index contributed by atoms with van der Waals surface area (Å²) in [5, 5.41) is 12.2. The summed E-state index contributed by atoms with van der Waals surface area (Å²) in [4.78, 5) is 12.0. The van der Waals surface area contributed by atoms with E-state index < -0.39 is 0 Å². The number of aliphatic hydroxyl groups excluding tert-OH is 1. The van der Waals surface area contributed by atoms with Gasteiger partial charge in [-0.05, 0) is 39.9 Å². The van der Waals surface area contributed by atoms with Crippen LogP contribution in [0.15, 0.2) is 22.7 Å². The van der Waals surface area contributed by atoms with Crippen LogP contribution in [0.3, 0.4) is 0 Å². The Hall–Kier alpha value is -0.580. The highest BCUT2D eigenvalue weighted by Crippen LogP contribution is 2.26. The lowest BCUT2D eigenvalue weighted by Crippen LogP contribution is -2.34. The molecule has 0 heterocycles. The molecule has 18 heavy (non-hydrogen) atoms. The van der Waals surface area contributed by atoms with Crippen molar-refractivity contribution in [1.82, 2.24) is 5.32 Å². The molecule has 1 aromatic rings. The molecule has 0 bridgehead atoms. The first-order valence-corrected chi connectivity index (χ1v) is 6.87. The molecule has 0 saturated heterocycles. The van der Waals surface area contributed by atoms with Crippen LogP contribution in [0.5, 0.6) is 0 Å². The summed E-state index contributed by atoms with van der Waals surface area (Å²) in [7, 11) is 0. The van der Waals surface area contributed by atoms with Gasteiger partial charge in [0.15, 0.2) is 0 Å². The first kappa shape index (κ1) is 15.5. The first-order chi connectivity index (χ1) is 8.37. The van der Waals surface area contributed by atoms with Gasteiger partial charge in [0, 0.05) is 17.6 Å². The molecule has 3 nitrogen and oxygen atoms in total. The molecule has 0 atom stereocenters. The second-order valence-corrected chi connectivity index (χ2v) is 6.15. The molecule has 1 aromatic carbocycles. The number of hydrogen-bond acceptors (Lipinski definition) is 2. The lowest BCUT2D eigenvalue weighted by molar-refractivity contribution is 0.0928. The zero-order chi connectivity index (χ0) is 13.8. The molecule has 0 radical (unpaired) electrons. The maximum absolute atomic E-state index is 12.0. The first-order valence-electron chi connectivity index (χ1n) is 5.70. The standard InChI is InChI=1S/C13H17BrClNO2/c1-13(2,6-7-17)8-16-12(18)9-4-3-5-10(14)11(9)15/h3-5,17H,6-8H2,1-2H3,(H,16,18). The number of halogens is 2. The van der Waals surface area contributed by atoms with Crippen LogP contribution in [0.2, 0.25) is 5.02 Å². The Labute approximate surface area is 121 Å².